The first-order chi connectivity index (χ1) is 18.6. The number of methoxy groups -OCH3 is 2. The average molecular weight is 588 g/mol. The van der Waals surface area contributed by atoms with Crippen LogP contribution in [0.3, 0.4) is 0 Å². The van der Waals surface area contributed by atoms with Crippen molar-refractivity contribution in [1.29, 1.82) is 0 Å². The summed E-state index contributed by atoms with van der Waals surface area (Å²) in [5.74, 6) is 0.308. The summed E-state index contributed by atoms with van der Waals surface area (Å²) >= 11 is 0. The van der Waals surface area contributed by atoms with Crippen LogP contribution < -0.4 is 21.1 Å². The molecule has 0 unspecified atom stereocenters. The molecule has 0 spiro atoms. The van der Waals surface area contributed by atoms with E-state index in [1.165, 1.54) is 0 Å². The van der Waals surface area contributed by atoms with Gasteiger partial charge >= 0.3 is 0 Å². The van der Waals surface area contributed by atoms with E-state index >= 15 is 0 Å². The predicted octanol–water partition coefficient (Wildman–Crippen LogP) is 3.81. The molecule has 0 bridgehead atoms. The summed E-state index contributed by atoms with van der Waals surface area (Å²) in [6.07, 6.45) is 2.46. The fourth-order valence-electron chi connectivity index (χ4n) is 4.40. The van der Waals surface area contributed by atoms with Crippen molar-refractivity contribution >= 4 is 24.2 Å². The molecule has 0 radical (unpaired) electrons. The van der Waals surface area contributed by atoms with Crippen LogP contribution in [0.25, 0.3) is 0 Å². The third kappa shape index (κ3) is 14.6. The third-order valence-corrected chi connectivity index (χ3v) is 7.13. The highest BCUT2D eigenvalue weighted by atomic mass is 35.5. The van der Waals surface area contributed by atoms with E-state index in [9.17, 15) is 14.7 Å². The lowest BCUT2D eigenvalue weighted by Gasteiger charge is -2.30. The molecule has 10 heteroatoms. The quantitative estimate of drug-likeness (QED) is 0.161. The third-order valence-electron chi connectivity index (χ3n) is 7.13. The molecule has 4 atom stereocenters. The summed E-state index contributed by atoms with van der Waals surface area (Å²) in [5.41, 5.74) is 6.93. The predicted molar refractivity (Wildman–Crippen MR) is 162 cm³/mol. The maximum absolute atomic E-state index is 13.0. The van der Waals surface area contributed by atoms with Gasteiger partial charge in [0.2, 0.25) is 5.91 Å². The van der Waals surface area contributed by atoms with E-state index in [0.717, 1.165) is 19.3 Å². The van der Waals surface area contributed by atoms with Gasteiger partial charge in [-0.15, -0.1) is 12.4 Å². The van der Waals surface area contributed by atoms with Crippen LogP contribution >= 0.6 is 12.4 Å². The largest absolute Gasteiger partial charge is 0.493 e. The Morgan fingerprint density at radius 1 is 0.900 bits per heavy atom. The van der Waals surface area contributed by atoms with Crippen molar-refractivity contribution in [3.8, 4) is 5.75 Å². The molecule has 0 aliphatic heterocycles. The lowest BCUT2D eigenvalue weighted by atomic mass is 9.83. The standard InChI is InChI=1S/C30H53N3O6.ClH/c1-21(2)23(18-26(31)27(34)19-25(22(3)4)30(36)32-14-11-16-38-6)20-33-29(35)24-12-7-8-13-28(24)39-17-10-9-15-37-5;/h7-8,12-13,21-23,25-27,34H,9-11,14-20,31H2,1-6H3,(H,32,36)(H,33,35);1H/t23-,25+,26+,27+;/m1./s1. The lowest BCUT2D eigenvalue weighted by Crippen LogP contribution is -2.44. The molecule has 1 aromatic carbocycles. The van der Waals surface area contributed by atoms with Crippen LogP contribution in [0.5, 0.6) is 5.75 Å². The molecule has 0 fully saturated rings. The molecule has 0 saturated heterocycles. The van der Waals surface area contributed by atoms with Crippen LogP contribution in [0, 0.1) is 23.7 Å². The van der Waals surface area contributed by atoms with Gasteiger partial charge in [-0.1, -0.05) is 39.8 Å². The summed E-state index contributed by atoms with van der Waals surface area (Å²) < 4.78 is 16.0. The van der Waals surface area contributed by atoms with Crippen molar-refractivity contribution in [3.63, 3.8) is 0 Å². The molecule has 0 saturated carbocycles. The smallest absolute Gasteiger partial charge is 0.255 e. The topological polar surface area (TPSA) is 132 Å². The Morgan fingerprint density at radius 3 is 2.15 bits per heavy atom. The fourth-order valence-corrected chi connectivity index (χ4v) is 4.40. The van der Waals surface area contributed by atoms with Crippen LogP contribution in [0.1, 0.15) is 70.2 Å². The fraction of sp³-hybridized carbons (Fsp3) is 0.733. The van der Waals surface area contributed by atoms with Gasteiger partial charge in [0.15, 0.2) is 0 Å². The van der Waals surface area contributed by atoms with Gasteiger partial charge in [-0.3, -0.25) is 9.59 Å². The van der Waals surface area contributed by atoms with E-state index in [2.05, 4.69) is 24.5 Å². The minimum absolute atomic E-state index is 0. The van der Waals surface area contributed by atoms with E-state index < -0.39 is 12.1 Å². The maximum atomic E-state index is 13.0. The van der Waals surface area contributed by atoms with Gasteiger partial charge in [0, 0.05) is 52.5 Å². The van der Waals surface area contributed by atoms with Crippen molar-refractivity contribution in [2.45, 2.75) is 71.9 Å². The number of hydrogen-bond acceptors (Lipinski definition) is 7. The Balaban J connectivity index is 0.0000152. The number of aliphatic hydroxyl groups is 1. The molecule has 1 rings (SSSR count). The first kappa shape index (κ1) is 38.1. The number of hydrogen-bond donors (Lipinski definition) is 4. The summed E-state index contributed by atoms with van der Waals surface area (Å²) in [5, 5.41) is 16.9. The average Bonchev–Trinajstić information content (AvgIpc) is 2.91. The minimum Gasteiger partial charge on any atom is -0.493 e. The Hall–Kier alpha value is -1.91. The molecule has 40 heavy (non-hydrogen) atoms. The lowest BCUT2D eigenvalue weighted by molar-refractivity contribution is -0.127. The van der Waals surface area contributed by atoms with Crippen LogP contribution in [0.15, 0.2) is 24.3 Å². The highest BCUT2D eigenvalue weighted by molar-refractivity contribution is 5.96. The van der Waals surface area contributed by atoms with E-state index in [-0.39, 0.29) is 47.9 Å². The van der Waals surface area contributed by atoms with Gasteiger partial charge in [-0.2, -0.15) is 0 Å². The van der Waals surface area contributed by atoms with Crippen LogP contribution in [-0.4, -0.2) is 76.2 Å². The van der Waals surface area contributed by atoms with Gasteiger partial charge in [-0.25, -0.2) is 0 Å². The van der Waals surface area contributed by atoms with Crippen LogP contribution in [0.2, 0.25) is 0 Å². The maximum Gasteiger partial charge on any atom is 0.255 e. The van der Waals surface area contributed by atoms with E-state index in [0.29, 0.717) is 57.1 Å². The highest BCUT2D eigenvalue weighted by Crippen LogP contribution is 2.24. The highest BCUT2D eigenvalue weighted by Gasteiger charge is 2.29. The normalized spacial score (nSPS) is 14.2. The zero-order chi connectivity index (χ0) is 29.2. The number of nitrogens with two attached hydrogens (primary N) is 1. The van der Waals surface area contributed by atoms with Crippen molar-refractivity contribution in [3.05, 3.63) is 29.8 Å². The Kier molecular flexibility index (Phi) is 20.7. The second kappa shape index (κ2) is 21.8. The molecular formula is C30H54ClN3O6. The number of rotatable bonds is 21. The molecule has 5 N–H and O–H groups in total. The number of benzene rings is 1. The zero-order valence-electron chi connectivity index (χ0n) is 25.3. The monoisotopic (exact) mass is 587 g/mol. The second-order valence-electron chi connectivity index (χ2n) is 10.9. The Morgan fingerprint density at radius 2 is 1.52 bits per heavy atom. The number of halogens is 1. The number of para-hydroxylation sites is 1. The number of aliphatic hydroxyl groups excluding tert-OH is 1. The number of amides is 2. The van der Waals surface area contributed by atoms with Gasteiger partial charge < -0.3 is 35.7 Å². The zero-order valence-corrected chi connectivity index (χ0v) is 26.1. The number of unbranched alkanes of at least 4 members (excludes halogenated alkanes) is 1. The van der Waals surface area contributed by atoms with Crippen molar-refractivity contribution in [2.75, 3.05) is 47.1 Å². The molecule has 232 valence electrons. The minimum atomic E-state index is -0.827. The second-order valence-corrected chi connectivity index (χ2v) is 10.9. The van der Waals surface area contributed by atoms with Crippen LogP contribution in [0.4, 0.5) is 0 Å². The molecule has 0 aliphatic carbocycles. The van der Waals surface area contributed by atoms with E-state index in [1.807, 2.05) is 26.0 Å². The van der Waals surface area contributed by atoms with Gasteiger partial charge in [0.05, 0.1) is 18.3 Å². The van der Waals surface area contributed by atoms with Crippen molar-refractivity contribution in [2.24, 2.45) is 29.4 Å². The van der Waals surface area contributed by atoms with Gasteiger partial charge in [-0.05, 0) is 62.0 Å². The van der Waals surface area contributed by atoms with Crippen molar-refractivity contribution < 1.29 is 28.9 Å². The summed E-state index contributed by atoms with van der Waals surface area (Å²) in [6.45, 7) is 10.9. The first-order valence-corrected chi connectivity index (χ1v) is 14.3. The Bertz CT molecular complexity index is 826. The number of ether oxygens (including phenoxy) is 3. The first-order valence-electron chi connectivity index (χ1n) is 14.3. The molecule has 1 aromatic rings. The van der Waals surface area contributed by atoms with Gasteiger partial charge in [0.25, 0.3) is 5.91 Å². The molecular weight excluding hydrogens is 534 g/mol. The van der Waals surface area contributed by atoms with Crippen LogP contribution in [-0.2, 0) is 14.3 Å². The summed E-state index contributed by atoms with van der Waals surface area (Å²) in [7, 11) is 3.30. The van der Waals surface area contributed by atoms with E-state index in [1.54, 1.807) is 26.4 Å². The Labute approximate surface area is 247 Å². The molecule has 0 aromatic heterocycles. The molecule has 9 nitrogen and oxygen atoms in total. The number of carbonyl (C=O) groups is 2. The molecule has 2 amide bonds. The number of nitrogens with one attached hydrogen (secondary N) is 2. The van der Waals surface area contributed by atoms with Gasteiger partial charge in [0.1, 0.15) is 5.75 Å². The van der Waals surface area contributed by atoms with Crippen molar-refractivity contribution in [1.82, 2.24) is 10.6 Å². The number of carbonyl (C=O) groups excluding carboxylic acids is 2. The molecule has 0 heterocycles. The SMILES string of the molecule is COCCCCOc1ccccc1C(=O)NC[C@@H](C[C@H](N)[C@@H](O)C[C@H](C(=O)NCCCOC)C(C)C)C(C)C.Cl. The van der Waals surface area contributed by atoms with E-state index in [4.69, 9.17) is 19.9 Å². The summed E-state index contributed by atoms with van der Waals surface area (Å²) in [6, 6.07) is 6.71. The molecule has 0 aliphatic rings. The summed E-state index contributed by atoms with van der Waals surface area (Å²) in [4.78, 5) is 25.7.